The van der Waals surface area contributed by atoms with Crippen molar-refractivity contribution in [1.29, 1.82) is 0 Å². The van der Waals surface area contributed by atoms with Crippen molar-refractivity contribution in [3.8, 4) is 0 Å². The number of carbonyl (C=O) groups is 1. The Balaban J connectivity index is 4.30. The van der Waals surface area contributed by atoms with E-state index in [1.54, 1.807) is 11.9 Å². The fraction of sp³-hybridized carbons (Fsp3) is 0.929. The van der Waals surface area contributed by atoms with Crippen LogP contribution in [0, 0.1) is 5.92 Å². The minimum atomic E-state index is 0.00933. The number of rotatable bonds is 7. The smallest absolute Gasteiger partial charge is 0.238 e. The Kier molecular flexibility index (Phi) is 6.86. The first-order valence-corrected chi connectivity index (χ1v) is 6.65. The van der Waals surface area contributed by atoms with E-state index in [0.29, 0.717) is 19.2 Å². The molecule has 0 fully saturated rings. The van der Waals surface area contributed by atoms with E-state index < -0.39 is 0 Å². The lowest BCUT2D eigenvalue weighted by Crippen LogP contribution is -2.50. The summed E-state index contributed by atoms with van der Waals surface area (Å²) < 4.78 is 5.43. The highest BCUT2D eigenvalue weighted by Gasteiger charge is 2.29. The van der Waals surface area contributed by atoms with Gasteiger partial charge in [-0.1, -0.05) is 13.8 Å². The molecular weight excluding hydrogens is 228 g/mol. The van der Waals surface area contributed by atoms with Crippen molar-refractivity contribution in [2.75, 3.05) is 27.4 Å². The van der Waals surface area contributed by atoms with E-state index in [9.17, 15) is 4.79 Å². The van der Waals surface area contributed by atoms with E-state index in [1.165, 1.54) is 0 Å². The van der Waals surface area contributed by atoms with Crippen LogP contribution in [0.1, 0.15) is 41.5 Å². The van der Waals surface area contributed by atoms with Crippen molar-refractivity contribution >= 4 is 5.91 Å². The van der Waals surface area contributed by atoms with Crippen molar-refractivity contribution < 1.29 is 9.53 Å². The second-order valence-electron chi connectivity index (χ2n) is 6.10. The molecule has 0 rings (SSSR count). The minimum absolute atomic E-state index is 0.00933. The quantitative estimate of drug-likeness (QED) is 0.656. The highest BCUT2D eigenvalue weighted by molar-refractivity contribution is 5.77. The summed E-state index contributed by atoms with van der Waals surface area (Å²) in [5, 5.41) is 0. The van der Waals surface area contributed by atoms with Gasteiger partial charge in [0, 0.05) is 12.6 Å². The Hall–Kier alpha value is -0.610. The number of likely N-dealkylation sites (N-methyl/N-ethyl adjacent to an activating group) is 2. The molecule has 0 bridgehead atoms. The van der Waals surface area contributed by atoms with Gasteiger partial charge in [0.2, 0.25) is 5.91 Å². The second-order valence-corrected chi connectivity index (χ2v) is 6.10. The van der Waals surface area contributed by atoms with Crippen molar-refractivity contribution in [3.05, 3.63) is 0 Å². The number of hydrogen-bond donors (Lipinski definition) is 0. The Morgan fingerprint density at radius 2 is 1.67 bits per heavy atom. The van der Waals surface area contributed by atoms with Crippen molar-refractivity contribution in [3.63, 3.8) is 0 Å². The lowest BCUT2D eigenvalue weighted by atomic mass is 9.89. The van der Waals surface area contributed by atoms with E-state index in [4.69, 9.17) is 4.74 Å². The molecule has 4 nitrogen and oxygen atoms in total. The van der Waals surface area contributed by atoms with Gasteiger partial charge in [0.15, 0.2) is 0 Å². The first-order valence-electron chi connectivity index (χ1n) is 6.65. The number of nitrogens with zero attached hydrogens (tertiary/aromatic N) is 2. The van der Waals surface area contributed by atoms with Gasteiger partial charge in [-0.25, -0.2) is 0 Å². The molecule has 108 valence electrons. The van der Waals surface area contributed by atoms with Crippen molar-refractivity contribution in [1.82, 2.24) is 9.80 Å². The van der Waals surface area contributed by atoms with Gasteiger partial charge >= 0.3 is 0 Å². The van der Waals surface area contributed by atoms with Crippen LogP contribution in [0.3, 0.4) is 0 Å². The lowest BCUT2D eigenvalue weighted by molar-refractivity contribution is -0.138. The topological polar surface area (TPSA) is 32.8 Å². The molecule has 0 saturated carbocycles. The van der Waals surface area contributed by atoms with Crippen LogP contribution in [0.2, 0.25) is 0 Å². The minimum Gasteiger partial charge on any atom is -0.358 e. The van der Waals surface area contributed by atoms with Gasteiger partial charge in [-0.15, -0.1) is 0 Å². The summed E-state index contributed by atoms with van der Waals surface area (Å²) in [6, 6.07) is 0. The summed E-state index contributed by atoms with van der Waals surface area (Å²) in [6.07, 6.45) is 0.144. The Morgan fingerprint density at radius 1 is 1.17 bits per heavy atom. The predicted octanol–water partition coefficient (Wildman–Crippen LogP) is 2.19. The van der Waals surface area contributed by atoms with E-state index in [2.05, 4.69) is 32.6 Å². The molecule has 18 heavy (non-hydrogen) atoms. The average Bonchev–Trinajstić information content (AvgIpc) is 2.24. The molecule has 0 aliphatic rings. The molecule has 0 aliphatic heterocycles. The number of carbonyl (C=O) groups excluding carboxylic acids is 1. The van der Waals surface area contributed by atoms with Crippen LogP contribution in [-0.4, -0.2) is 54.7 Å². The maximum absolute atomic E-state index is 12.0. The highest BCUT2D eigenvalue weighted by Crippen LogP contribution is 2.22. The molecule has 0 unspecified atom stereocenters. The molecule has 0 aromatic carbocycles. The van der Waals surface area contributed by atoms with Crippen molar-refractivity contribution in [2.24, 2.45) is 5.92 Å². The molecule has 0 spiro atoms. The summed E-state index contributed by atoms with van der Waals surface area (Å²) in [6.45, 7) is 13.4. The van der Waals surface area contributed by atoms with Crippen molar-refractivity contribution in [2.45, 2.75) is 53.2 Å². The third kappa shape index (κ3) is 5.36. The summed E-state index contributed by atoms with van der Waals surface area (Å²) in [5.41, 5.74) is 0.00933. The largest absolute Gasteiger partial charge is 0.358 e. The van der Waals surface area contributed by atoms with Gasteiger partial charge in [0.05, 0.1) is 12.6 Å². The summed E-state index contributed by atoms with van der Waals surface area (Å²) in [7, 11) is 3.77. The molecule has 0 aromatic heterocycles. The Bertz CT molecular complexity index is 263. The zero-order chi connectivity index (χ0) is 14.5. The van der Waals surface area contributed by atoms with E-state index in [-0.39, 0.29) is 17.6 Å². The van der Waals surface area contributed by atoms with Crippen LogP contribution >= 0.6 is 0 Å². The first-order chi connectivity index (χ1) is 8.09. The number of hydrogen-bond acceptors (Lipinski definition) is 3. The van der Waals surface area contributed by atoms with E-state index >= 15 is 0 Å². The average molecular weight is 258 g/mol. The Morgan fingerprint density at radius 3 is 2.06 bits per heavy atom. The van der Waals surface area contributed by atoms with Gasteiger partial charge in [-0.3, -0.25) is 9.69 Å². The fourth-order valence-electron chi connectivity index (χ4n) is 1.30. The van der Waals surface area contributed by atoms with Crippen LogP contribution in [0.4, 0.5) is 0 Å². The third-order valence-corrected chi connectivity index (χ3v) is 3.80. The van der Waals surface area contributed by atoms with E-state index in [0.717, 1.165) is 0 Å². The van der Waals surface area contributed by atoms with Gasteiger partial charge < -0.3 is 9.64 Å². The second kappa shape index (κ2) is 7.10. The molecule has 0 aromatic rings. The standard InChI is InChI=1S/C14H30N2O2/c1-11(2)14(5,6)16(8)9-13(17)15(7)10-18-12(3)4/h11-12H,9-10H2,1-8H3. The first kappa shape index (κ1) is 17.4. The number of ether oxygens (including phenoxy) is 1. The van der Waals surface area contributed by atoms with Crippen LogP contribution < -0.4 is 0 Å². The molecule has 0 aliphatic carbocycles. The SMILES string of the molecule is CC(C)OCN(C)C(=O)CN(C)C(C)(C)C(C)C. The molecule has 0 N–H and O–H groups in total. The normalized spacial score (nSPS) is 12.6. The van der Waals surface area contributed by atoms with Gasteiger partial charge in [0.1, 0.15) is 6.73 Å². The molecule has 0 radical (unpaired) electrons. The van der Waals surface area contributed by atoms with E-state index in [1.807, 2.05) is 20.9 Å². The Labute approximate surface area is 112 Å². The van der Waals surface area contributed by atoms with Crippen LogP contribution in [0.5, 0.6) is 0 Å². The summed E-state index contributed by atoms with van der Waals surface area (Å²) in [4.78, 5) is 15.8. The zero-order valence-corrected chi connectivity index (χ0v) is 13.3. The molecule has 4 heteroatoms. The molecule has 0 saturated heterocycles. The summed E-state index contributed by atoms with van der Waals surface area (Å²) in [5.74, 6) is 0.583. The van der Waals surface area contributed by atoms with Crippen LogP contribution in [-0.2, 0) is 9.53 Å². The highest BCUT2D eigenvalue weighted by atomic mass is 16.5. The molecule has 0 atom stereocenters. The van der Waals surface area contributed by atoms with Gasteiger partial charge in [-0.2, -0.15) is 0 Å². The number of amides is 1. The maximum Gasteiger partial charge on any atom is 0.238 e. The fourth-order valence-corrected chi connectivity index (χ4v) is 1.30. The molecule has 1 amide bonds. The van der Waals surface area contributed by atoms with Crippen LogP contribution in [0.15, 0.2) is 0 Å². The maximum atomic E-state index is 12.0. The predicted molar refractivity (Wildman–Crippen MR) is 75.4 cm³/mol. The van der Waals surface area contributed by atoms with Gasteiger partial charge in [-0.05, 0) is 40.7 Å². The lowest BCUT2D eigenvalue weighted by Gasteiger charge is -2.39. The third-order valence-electron chi connectivity index (χ3n) is 3.80. The molecule has 0 heterocycles. The molecular formula is C14H30N2O2. The summed E-state index contributed by atoms with van der Waals surface area (Å²) >= 11 is 0. The van der Waals surface area contributed by atoms with Gasteiger partial charge in [0.25, 0.3) is 0 Å². The zero-order valence-electron chi connectivity index (χ0n) is 13.3. The van der Waals surface area contributed by atoms with Crippen LogP contribution in [0.25, 0.3) is 0 Å². The monoisotopic (exact) mass is 258 g/mol.